The number of carboxylic acid groups (broad SMARTS) is 1. The topological polar surface area (TPSA) is 107 Å². The van der Waals surface area contributed by atoms with Gasteiger partial charge in [0.15, 0.2) is 6.29 Å². The summed E-state index contributed by atoms with van der Waals surface area (Å²) in [6, 6.07) is 0. The van der Waals surface area contributed by atoms with E-state index in [0.717, 1.165) is 19.3 Å². The van der Waals surface area contributed by atoms with E-state index < -0.39 is 30.6 Å². The first-order valence-corrected chi connectivity index (χ1v) is 9.68. The first kappa shape index (κ1) is 22.8. The quantitative estimate of drug-likeness (QED) is 0.311. The second kappa shape index (κ2) is 13.0. The summed E-state index contributed by atoms with van der Waals surface area (Å²) in [5.41, 5.74) is 0. The van der Waals surface area contributed by atoms with Crippen LogP contribution in [0, 0.1) is 5.92 Å². The third-order valence-electron chi connectivity index (χ3n) is 4.64. The molecule has 1 unspecified atom stereocenters. The van der Waals surface area contributed by atoms with Crippen molar-refractivity contribution >= 4 is 5.97 Å². The zero-order valence-electron chi connectivity index (χ0n) is 15.7. The Morgan fingerprint density at radius 3 is 2.69 bits per heavy atom. The second-order valence-corrected chi connectivity index (χ2v) is 6.96. The number of rotatable bonds is 12. The van der Waals surface area contributed by atoms with E-state index in [0.29, 0.717) is 25.7 Å². The molecule has 1 saturated heterocycles. The van der Waals surface area contributed by atoms with E-state index in [4.69, 9.17) is 9.84 Å². The van der Waals surface area contributed by atoms with Crippen LogP contribution in [0.5, 0.6) is 0 Å². The SMILES string of the molecule is CCCCC[C@H](O)/C=C/[C@H]1OC(O)C[C@H](O)[C@@H]1CC=CCCCC(=O)O. The smallest absolute Gasteiger partial charge is 0.303 e. The van der Waals surface area contributed by atoms with Crippen LogP contribution in [0.3, 0.4) is 0 Å². The third kappa shape index (κ3) is 9.48. The van der Waals surface area contributed by atoms with Gasteiger partial charge in [0.05, 0.1) is 18.3 Å². The first-order valence-electron chi connectivity index (χ1n) is 9.68. The summed E-state index contributed by atoms with van der Waals surface area (Å²) in [5, 5.41) is 38.7. The lowest BCUT2D eigenvalue weighted by Gasteiger charge is -2.36. The largest absolute Gasteiger partial charge is 0.481 e. The molecule has 0 aromatic rings. The van der Waals surface area contributed by atoms with Crippen molar-refractivity contribution in [1.29, 1.82) is 0 Å². The van der Waals surface area contributed by atoms with Gasteiger partial charge < -0.3 is 25.2 Å². The van der Waals surface area contributed by atoms with Crippen molar-refractivity contribution in [1.82, 2.24) is 0 Å². The average molecular weight is 370 g/mol. The van der Waals surface area contributed by atoms with Gasteiger partial charge in [-0.2, -0.15) is 0 Å². The number of carbonyl (C=O) groups is 1. The van der Waals surface area contributed by atoms with Gasteiger partial charge in [-0.15, -0.1) is 0 Å². The molecule has 0 radical (unpaired) electrons. The summed E-state index contributed by atoms with van der Waals surface area (Å²) in [5.74, 6) is -1.00. The van der Waals surface area contributed by atoms with Crippen LogP contribution >= 0.6 is 0 Å². The molecule has 0 amide bonds. The van der Waals surface area contributed by atoms with Gasteiger partial charge in [0, 0.05) is 18.8 Å². The predicted octanol–water partition coefficient (Wildman–Crippen LogP) is 2.77. The molecule has 1 fully saturated rings. The molecule has 0 bridgehead atoms. The maximum Gasteiger partial charge on any atom is 0.303 e. The fourth-order valence-corrected chi connectivity index (χ4v) is 3.10. The monoisotopic (exact) mass is 370 g/mol. The Morgan fingerprint density at radius 1 is 1.23 bits per heavy atom. The molecule has 1 aliphatic heterocycles. The Balaban J connectivity index is 2.52. The number of aliphatic hydroxyl groups is 3. The van der Waals surface area contributed by atoms with Crippen LogP contribution < -0.4 is 0 Å². The standard InChI is InChI=1S/C20H34O6/c1-2-3-6-9-15(21)12-13-18-16(17(22)14-20(25)26-18)10-7-4-5-8-11-19(23)24/h4,7,12-13,15-18,20-22,25H,2-3,5-6,8-11,14H2,1H3,(H,23,24)/b7-4?,13-12+/t15-,16-,17-,18+,20?/m0/s1. The van der Waals surface area contributed by atoms with Gasteiger partial charge in [0.2, 0.25) is 0 Å². The maximum absolute atomic E-state index is 10.5. The summed E-state index contributed by atoms with van der Waals surface area (Å²) in [6.45, 7) is 2.11. The van der Waals surface area contributed by atoms with Gasteiger partial charge in [-0.1, -0.05) is 50.5 Å². The van der Waals surface area contributed by atoms with E-state index in [2.05, 4.69) is 6.92 Å². The van der Waals surface area contributed by atoms with Crippen molar-refractivity contribution < 1.29 is 30.0 Å². The van der Waals surface area contributed by atoms with E-state index in [1.54, 1.807) is 12.2 Å². The predicted molar refractivity (Wildman–Crippen MR) is 99.5 cm³/mol. The van der Waals surface area contributed by atoms with E-state index >= 15 is 0 Å². The molecule has 0 saturated carbocycles. The highest BCUT2D eigenvalue weighted by atomic mass is 16.6. The van der Waals surface area contributed by atoms with Crippen molar-refractivity contribution in [3.8, 4) is 0 Å². The van der Waals surface area contributed by atoms with Crippen LogP contribution in [-0.2, 0) is 9.53 Å². The van der Waals surface area contributed by atoms with E-state index in [1.807, 2.05) is 12.2 Å². The van der Waals surface area contributed by atoms with Gasteiger partial charge in [-0.3, -0.25) is 4.79 Å². The zero-order chi connectivity index (χ0) is 19.4. The molecule has 5 atom stereocenters. The molecule has 0 aromatic heterocycles. The lowest BCUT2D eigenvalue weighted by molar-refractivity contribution is -0.199. The highest BCUT2D eigenvalue weighted by Crippen LogP contribution is 2.29. The number of hydrogen-bond acceptors (Lipinski definition) is 5. The lowest BCUT2D eigenvalue weighted by atomic mass is 9.87. The molecular formula is C20H34O6. The summed E-state index contributed by atoms with van der Waals surface area (Å²) in [4.78, 5) is 10.5. The van der Waals surface area contributed by atoms with Gasteiger partial charge in [0.25, 0.3) is 0 Å². The summed E-state index contributed by atoms with van der Waals surface area (Å²) >= 11 is 0. The second-order valence-electron chi connectivity index (χ2n) is 6.96. The molecule has 1 rings (SSSR count). The van der Waals surface area contributed by atoms with Crippen LogP contribution in [0.15, 0.2) is 24.3 Å². The molecule has 0 aromatic carbocycles. The van der Waals surface area contributed by atoms with Gasteiger partial charge in [0.1, 0.15) is 0 Å². The van der Waals surface area contributed by atoms with E-state index in [1.165, 1.54) is 0 Å². The number of aliphatic carboxylic acids is 1. The minimum Gasteiger partial charge on any atom is -0.481 e. The van der Waals surface area contributed by atoms with Crippen molar-refractivity contribution in [2.24, 2.45) is 5.92 Å². The zero-order valence-corrected chi connectivity index (χ0v) is 15.7. The Kier molecular flexibility index (Phi) is 11.4. The molecular weight excluding hydrogens is 336 g/mol. The Labute approximate surface area is 156 Å². The minimum absolute atomic E-state index is 0.146. The van der Waals surface area contributed by atoms with Crippen LogP contribution in [0.4, 0.5) is 0 Å². The Morgan fingerprint density at radius 2 is 2.00 bits per heavy atom. The van der Waals surface area contributed by atoms with Crippen LogP contribution in [0.1, 0.15) is 64.7 Å². The average Bonchev–Trinajstić information content (AvgIpc) is 2.57. The fraction of sp³-hybridized carbons (Fsp3) is 0.750. The number of aliphatic hydroxyl groups excluding tert-OH is 3. The molecule has 150 valence electrons. The summed E-state index contributed by atoms with van der Waals surface area (Å²) < 4.78 is 5.54. The third-order valence-corrected chi connectivity index (χ3v) is 4.64. The van der Waals surface area contributed by atoms with Crippen LogP contribution in [-0.4, -0.2) is 51.0 Å². The number of carboxylic acids is 1. The normalized spacial score (nSPS) is 28.0. The molecule has 6 nitrogen and oxygen atoms in total. The van der Waals surface area contributed by atoms with Gasteiger partial charge >= 0.3 is 5.97 Å². The summed E-state index contributed by atoms with van der Waals surface area (Å²) in [7, 11) is 0. The van der Waals surface area contributed by atoms with Crippen LogP contribution in [0.2, 0.25) is 0 Å². The molecule has 0 aliphatic carbocycles. The number of ether oxygens (including phenoxy) is 1. The lowest BCUT2D eigenvalue weighted by Crippen LogP contribution is -2.43. The van der Waals surface area contributed by atoms with Crippen molar-refractivity contribution in [2.45, 2.75) is 89.3 Å². The van der Waals surface area contributed by atoms with E-state index in [-0.39, 0.29) is 18.8 Å². The molecule has 1 aliphatic rings. The Hall–Kier alpha value is -1.21. The maximum atomic E-state index is 10.5. The van der Waals surface area contributed by atoms with Crippen molar-refractivity contribution in [2.75, 3.05) is 0 Å². The molecule has 0 spiro atoms. The highest BCUT2D eigenvalue weighted by molar-refractivity contribution is 5.66. The van der Waals surface area contributed by atoms with Gasteiger partial charge in [-0.05, 0) is 25.7 Å². The molecule has 1 heterocycles. The molecule has 6 heteroatoms. The van der Waals surface area contributed by atoms with Gasteiger partial charge in [-0.25, -0.2) is 0 Å². The van der Waals surface area contributed by atoms with E-state index in [9.17, 15) is 20.1 Å². The fourth-order valence-electron chi connectivity index (χ4n) is 3.10. The van der Waals surface area contributed by atoms with Crippen molar-refractivity contribution in [3.63, 3.8) is 0 Å². The summed E-state index contributed by atoms with van der Waals surface area (Å²) in [6.07, 6.45) is 10.5. The van der Waals surface area contributed by atoms with Crippen LogP contribution in [0.25, 0.3) is 0 Å². The van der Waals surface area contributed by atoms with Crippen molar-refractivity contribution in [3.05, 3.63) is 24.3 Å². The number of unbranched alkanes of at least 4 members (excludes halogenated alkanes) is 3. The highest BCUT2D eigenvalue weighted by Gasteiger charge is 2.35. The first-order chi connectivity index (χ1) is 12.4. The molecule has 26 heavy (non-hydrogen) atoms. The Bertz CT molecular complexity index is 448. The number of allylic oxidation sites excluding steroid dienone is 2. The molecule has 4 N–H and O–H groups in total. The number of hydrogen-bond donors (Lipinski definition) is 4. The minimum atomic E-state index is -1.01.